The van der Waals surface area contributed by atoms with Crippen molar-refractivity contribution in [1.29, 1.82) is 0 Å². The van der Waals surface area contributed by atoms with Crippen molar-refractivity contribution in [3.05, 3.63) is 0 Å². The van der Waals surface area contributed by atoms with Crippen LogP contribution >= 0.6 is 0 Å². The van der Waals surface area contributed by atoms with Gasteiger partial charge in [0.05, 0.1) is 12.2 Å². The highest BCUT2D eigenvalue weighted by molar-refractivity contribution is 4.70. The van der Waals surface area contributed by atoms with Crippen molar-refractivity contribution in [2.45, 2.75) is 52.0 Å². The van der Waals surface area contributed by atoms with Crippen molar-refractivity contribution in [2.75, 3.05) is 0 Å². The summed E-state index contributed by atoms with van der Waals surface area (Å²) in [5, 5.41) is 0. The highest BCUT2D eigenvalue weighted by atomic mass is 16.7. The first-order chi connectivity index (χ1) is 5.74. The molecule has 1 heterocycles. The molecule has 1 aliphatic heterocycles. The standard InChI is InChI=1S/C8H16O2/c1-6-5-7(2)10-8(3,4)9-6/h6-7H,5H2,1-4H3/t6-,7-/m1/s1/i3D3. The van der Waals surface area contributed by atoms with Crippen molar-refractivity contribution in [3.8, 4) is 0 Å². The summed E-state index contributed by atoms with van der Waals surface area (Å²) < 4.78 is 32.5. The monoisotopic (exact) mass is 147 g/mol. The Bertz CT molecular complexity index is 180. The van der Waals surface area contributed by atoms with Crippen LogP contribution in [0.1, 0.15) is 38.2 Å². The van der Waals surface area contributed by atoms with Gasteiger partial charge in [0.1, 0.15) is 0 Å². The third kappa shape index (κ3) is 1.96. The van der Waals surface area contributed by atoms with E-state index in [4.69, 9.17) is 13.6 Å². The number of hydrogen-bond acceptors (Lipinski definition) is 2. The molecule has 2 nitrogen and oxygen atoms in total. The zero-order valence-corrected chi connectivity index (χ0v) is 6.68. The summed E-state index contributed by atoms with van der Waals surface area (Å²) in [6.07, 6.45) is 0.620. The Morgan fingerprint density at radius 2 is 1.90 bits per heavy atom. The van der Waals surface area contributed by atoms with E-state index in [1.54, 1.807) is 0 Å². The normalized spacial score (nSPS) is 54.9. The Morgan fingerprint density at radius 3 is 2.30 bits per heavy atom. The molecule has 2 heteroatoms. The van der Waals surface area contributed by atoms with Gasteiger partial charge < -0.3 is 9.47 Å². The van der Waals surface area contributed by atoms with Gasteiger partial charge >= 0.3 is 0 Å². The third-order valence-corrected chi connectivity index (χ3v) is 1.52. The molecule has 1 saturated heterocycles. The van der Waals surface area contributed by atoms with E-state index >= 15 is 0 Å². The molecule has 0 spiro atoms. The fourth-order valence-corrected chi connectivity index (χ4v) is 1.36. The van der Waals surface area contributed by atoms with Gasteiger partial charge in [-0.15, -0.1) is 0 Å². The molecule has 1 aliphatic rings. The Balaban J connectivity index is 2.78. The molecule has 1 fully saturated rings. The van der Waals surface area contributed by atoms with Crippen LogP contribution in [0.5, 0.6) is 0 Å². The van der Waals surface area contributed by atoms with Crippen LogP contribution in [0.3, 0.4) is 0 Å². The molecule has 60 valence electrons. The molecule has 0 amide bonds. The first-order valence-corrected chi connectivity index (χ1v) is 3.60. The molecule has 10 heavy (non-hydrogen) atoms. The SMILES string of the molecule is [2H]C([2H])([2H])C1(C)O[C@H](C)C[C@@H](C)O1. The zero-order chi connectivity index (χ0) is 10.3. The van der Waals surface area contributed by atoms with Gasteiger partial charge in [-0.1, -0.05) is 0 Å². The van der Waals surface area contributed by atoms with E-state index in [1.165, 1.54) is 6.92 Å². The van der Waals surface area contributed by atoms with Gasteiger partial charge in [0.15, 0.2) is 5.79 Å². The molecule has 1 rings (SSSR count). The van der Waals surface area contributed by atoms with Gasteiger partial charge in [0.25, 0.3) is 0 Å². The summed E-state index contributed by atoms with van der Waals surface area (Å²) in [5.74, 6) is -1.44. The molecule has 0 saturated carbocycles. The second-order valence-corrected chi connectivity index (χ2v) is 3.04. The Morgan fingerprint density at radius 1 is 1.40 bits per heavy atom. The van der Waals surface area contributed by atoms with Crippen LogP contribution in [-0.4, -0.2) is 18.0 Å². The first kappa shape index (κ1) is 4.73. The molecular formula is C8H16O2. The van der Waals surface area contributed by atoms with Crippen LogP contribution in [0.4, 0.5) is 0 Å². The van der Waals surface area contributed by atoms with Gasteiger partial charge in [0, 0.05) is 4.11 Å². The summed E-state index contributed by atoms with van der Waals surface area (Å²) in [5.41, 5.74) is 0. The maximum Gasteiger partial charge on any atom is 0.163 e. The average molecular weight is 147 g/mol. The highest BCUT2D eigenvalue weighted by Gasteiger charge is 2.30. The molecule has 0 aliphatic carbocycles. The van der Waals surface area contributed by atoms with E-state index in [1.807, 2.05) is 13.8 Å². The fraction of sp³-hybridized carbons (Fsp3) is 1.00. The molecule has 0 aromatic rings. The van der Waals surface area contributed by atoms with Crippen molar-refractivity contribution < 1.29 is 13.6 Å². The van der Waals surface area contributed by atoms with Crippen molar-refractivity contribution in [3.63, 3.8) is 0 Å². The zero-order valence-electron chi connectivity index (χ0n) is 9.68. The van der Waals surface area contributed by atoms with Gasteiger partial charge in [-0.2, -0.15) is 0 Å². The Hall–Kier alpha value is -0.0800. The maximum absolute atomic E-state index is 7.29. The molecule has 0 aromatic heterocycles. The quantitative estimate of drug-likeness (QED) is 0.521. The van der Waals surface area contributed by atoms with Crippen LogP contribution in [-0.2, 0) is 9.47 Å². The number of hydrogen-bond donors (Lipinski definition) is 0. The Labute approximate surface area is 66.7 Å². The molecule has 0 aromatic carbocycles. The predicted octanol–water partition coefficient (Wildman–Crippen LogP) is 1.94. The lowest BCUT2D eigenvalue weighted by molar-refractivity contribution is -0.292. The van der Waals surface area contributed by atoms with E-state index in [0.717, 1.165) is 6.42 Å². The smallest absolute Gasteiger partial charge is 0.163 e. The van der Waals surface area contributed by atoms with E-state index in [0.29, 0.717) is 0 Å². The summed E-state index contributed by atoms with van der Waals surface area (Å²) in [6, 6.07) is 0. The highest BCUT2D eigenvalue weighted by Crippen LogP contribution is 2.25. The molecule has 0 bridgehead atoms. The van der Waals surface area contributed by atoms with Gasteiger partial charge in [-0.25, -0.2) is 0 Å². The van der Waals surface area contributed by atoms with Crippen molar-refractivity contribution in [2.24, 2.45) is 0 Å². The van der Waals surface area contributed by atoms with Crippen LogP contribution in [0, 0.1) is 0 Å². The lowest BCUT2D eigenvalue weighted by Crippen LogP contribution is -2.42. The van der Waals surface area contributed by atoms with E-state index in [2.05, 4.69) is 0 Å². The van der Waals surface area contributed by atoms with Crippen LogP contribution < -0.4 is 0 Å². The predicted molar refractivity (Wildman–Crippen MR) is 39.8 cm³/mol. The third-order valence-electron chi connectivity index (χ3n) is 1.52. The fourth-order valence-electron chi connectivity index (χ4n) is 1.36. The number of ether oxygens (including phenoxy) is 2. The minimum Gasteiger partial charge on any atom is -0.347 e. The lowest BCUT2D eigenvalue weighted by atomic mass is 10.1. The Kier molecular flexibility index (Phi) is 1.19. The molecule has 0 unspecified atom stereocenters. The summed E-state index contributed by atoms with van der Waals surface area (Å²) in [4.78, 5) is 0. The van der Waals surface area contributed by atoms with Gasteiger partial charge in [0.2, 0.25) is 0 Å². The van der Waals surface area contributed by atoms with Crippen molar-refractivity contribution in [1.82, 2.24) is 0 Å². The molecular weight excluding hydrogens is 128 g/mol. The maximum atomic E-state index is 7.29. The van der Waals surface area contributed by atoms with Crippen molar-refractivity contribution >= 4 is 0 Å². The number of rotatable bonds is 0. The van der Waals surface area contributed by atoms with E-state index < -0.39 is 12.6 Å². The van der Waals surface area contributed by atoms with Gasteiger partial charge in [-0.3, -0.25) is 0 Å². The van der Waals surface area contributed by atoms with Gasteiger partial charge in [-0.05, 0) is 34.0 Å². The van der Waals surface area contributed by atoms with E-state index in [-0.39, 0.29) is 12.2 Å². The second kappa shape index (κ2) is 2.51. The molecule has 0 N–H and O–H groups in total. The van der Waals surface area contributed by atoms with E-state index in [9.17, 15) is 0 Å². The van der Waals surface area contributed by atoms with Crippen LogP contribution in [0.15, 0.2) is 0 Å². The van der Waals surface area contributed by atoms with Crippen LogP contribution in [0.2, 0.25) is 0 Å². The average Bonchev–Trinajstić information content (AvgIpc) is 1.79. The minimum atomic E-state index is -2.23. The summed E-state index contributed by atoms with van der Waals surface area (Å²) in [6.45, 7) is 2.98. The molecule has 2 atom stereocenters. The minimum absolute atomic E-state index is 0.0609. The summed E-state index contributed by atoms with van der Waals surface area (Å²) >= 11 is 0. The van der Waals surface area contributed by atoms with Crippen LogP contribution in [0.25, 0.3) is 0 Å². The largest absolute Gasteiger partial charge is 0.347 e. The lowest BCUT2D eigenvalue weighted by Gasteiger charge is -2.38. The molecule has 0 radical (unpaired) electrons. The topological polar surface area (TPSA) is 18.5 Å². The second-order valence-electron chi connectivity index (χ2n) is 3.04. The summed E-state index contributed by atoms with van der Waals surface area (Å²) in [7, 11) is 0. The first-order valence-electron chi connectivity index (χ1n) is 5.10.